The number of rotatable bonds is 10. The Morgan fingerprint density at radius 1 is 1.15 bits per heavy atom. The third kappa shape index (κ3) is 5.50. The Labute approximate surface area is 197 Å². The minimum atomic E-state index is -0.408. The predicted molar refractivity (Wildman–Crippen MR) is 130 cm³/mol. The van der Waals surface area contributed by atoms with E-state index in [1.54, 1.807) is 4.57 Å². The smallest absolute Gasteiger partial charge is 0.262 e. The Morgan fingerprint density at radius 3 is 2.82 bits per heavy atom. The van der Waals surface area contributed by atoms with E-state index in [1.807, 2.05) is 49.4 Å². The van der Waals surface area contributed by atoms with Crippen LogP contribution in [0.25, 0.3) is 10.9 Å². The van der Waals surface area contributed by atoms with Crippen LogP contribution in [0.3, 0.4) is 0 Å². The maximum Gasteiger partial charge on any atom is 0.262 e. The van der Waals surface area contributed by atoms with Crippen LogP contribution in [0, 0.1) is 0 Å². The summed E-state index contributed by atoms with van der Waals surface area (Å²) in [5, 5.41) is 3.75. The largest absolute Gasteiger partial charge is 0.454 e. The zero-order valence-corrected chi connectivity index (χ0v) is 19.8. The third-order valence-corrected chi connectivity index (χ3v) is 6.71. The second-order valence-electron chi connectivity index (χ2n) is 8.09. The highest BCUT2D eigenvalue weighted by molar-refractivity contribution is 8.00. The fourth-order valence-corrected chi connectivity index (χ4v) is 4.69. The third-order valence-electron chi connectivity index (χ3n) is 5.62. The number of aromatic nitrogens is 2. The molecule has 33 heavy (non-hydrogen) atoms. The van der Waals surface area contributed by atoms with E-state index in [-0.39, 0.29) is 18.3 Å². The number of unbranched alkanes of at least 4 members (excludes halogenated alkanes) is 3. The average Bonchev–Trinajstić information content (AvgIpc) is 3.30. The number of para-hydroxylation sites is 1. The van der Waals surface area contributed by atoms with Crippen LogP contribution in [0.4, 0.5) is 0 Å². The molecule has 4 rings (SSSR count). The number of fused-ring (bicyclic) bond motifs is 2. The molecule has 1 aliphatic heterocycles. The summed E-state index contributed by atoms with van der Waals surface area (Å²) >= 11 is 1.32. The Balaban J connectivity index is 1.46. The summed E-state index contributed by atoms with van der Waals surface area (Å²) in [4.78, 5) is 30.7. The van der Waals surface area contributed by atoms with Gasteiger partial charge in [0.25, 0.3) is 5.56 Å². The summed E-state index contributed by atoms with van der Waals surface area (Å²) in [6.07, 6.45) is 4.24. The summed E-state index contributed by atoms with van der Waals surface area (Å²) < 4.78 is 12.5. The van der Waals surface area contributed by atoms with Crippen molar-refractivity contribution in [3.8, 4) is 11.5 Å². The molecule has 1 unspecified atom stereocenters. The minimum Gasteiger partial charge on any atom is -0.454 e. The average molecular weight is 468 g/mol. The van der Waals surface area contributed by atoms with Crippen molar-refractivity contribution in [3.05, 3.63) is 58.4 Å². The van der Waals surface area contributed by atoms with Gasteiger partial charge in [0.2, 0.25) is 12.7 Å². The molecule has 3 aromatic rings. The molecule has 1 N–H and O–H groups in total. The zero-order chi connectivity index (χ0) is 23.2. The minimum absolute atomic E-state index is 0.0485. The van der Waals surface area contributed by atoms with E-state index in [0.717, 1.165) is 31.2 Å². The summed E-state index contributed by atoms with van der Waals surface area (Å²) in [6, 6.07) is 13.0. The highest BCUT2D eigenvalue weighted by atomic mass is 32.2. The van der Waals surface area contributed by atoms with E-state index in [1.165, 1.54) is 11.8 Å². The molecule has 0 fully saturated rings. The van der Waals surface area contributed by atoms with Crippen molar-refractivity contribution >= 4 is 28.6 Å². The molecule has 7 nitrogen and oxygen atoms in total. The first-order chi connectivity index (χ1) is 16.1. The molecule has 174 valence electrons. The lowest BCUT2D eigenvalue weighted by Crippen LogP contribution is -2.31. The molecule has 1 aliphatic rings. The van der Waals surface area contributed by atoms with Gasteiger partial charge in [0, 0.05) is 13.1 Å². The zero-order valence-electron chi connectivity index (χ0n) is 19.0. The summed E-state index contributed by atoms with van der Waals surface area (Å²) in [7, 11) is 0. The normalized spacial score (nSPS) is 13.3. The first-order valence-electron chi connectivity index (χ1n) is 11.4. The quantitative estimate of drug-likeness (QED) is 0.269. The number of nitrogens with one attached hydrogen (secondary N) is 1. The van der Waals surface area contributed by atoms with Gasteiger partial charge in [-0.15, -0.1) is 0 Å². The Bertz CT molecular complexity index is 1190. The van der Waals surface area contributed by atoms with E-state index < -0.39 is 5.25 Å². The molecule has 2 aromatic carbocycles. The Kier molecular flexibility index (Phi) is 7.54. The maximum absolute atomic E-state index is 13.2. The molecule has 1 aromatic heterocycles. The van der Waals surface area contributed by atoms with Gasteiger partial charge in [0.05, 0.1) is 16.2 Å². The molecule has 0 bridgehead atoms. The van der Waals surface area contributed by atoms with Crippen LogP contribution in [-0.2, 0) is 17.9 Å². The molecular formula is C25H29N3O4S. The lowest BCUT2D eigenvalue weighted by Gasteiger charge is -2.16. The van der Waals surface area contributed by atoms with Crippen molar-refractivity contribution in [3.63, 3.8) is 0 Å². The van der Waals surface area contributed by atoms with E-state index in [4.69, 9.17) is 14.5 Å². The van der Waals surface area contributed by atoms with Gasteiger partial charge in [-0.3, -0.25) is 14.2 Å². The van der Waals surface area contributed by atoms with Crippen LogP contribution in [0.15, 0.2) is 52.4 Å². The van der Waals surface area contributed by atoms with Crippen molar-refractivity contribution < 1.29 is 14.3 Å². The van der Waals surface area contributed by atoms with Gasteiger partial charge in [-0.2, -0.15) is 0 Å². The fourth-order valence-electron chi connectivity index (χ4n) is 3.73. The molecular weight excluding hydrogens is 438 g/mol. The number of hydrogen-bond acceptors (Lipinski definition) is 6. The SMILES string of the molecule is CCCCCCn1c(SC(C)C(=O)NCc2ccc3c(c2)OCO3)nc2ccccc2c1=O. The van der Waals surface area contributed by atoms with Crippen LogP contribution in [0.2, 0.25) is 0 Å². The Hall–Kier alpha value is -3.00. The van der Waals surface area contributed by atoms with Crippen LogP contribution < -0.4 is 20.3 Å². The van der Waals surface area contributed by atoms with Crippen molar-refractivity contribution in [1.82, 2.24) is 14.9 Å². The van der Waals surface area contributed by atoms with Crippen molar-refractivity contribution in [2.75, 3.05) is 6.79 Å². The first-order valence-corrected chi connectivity index (χ1v) is 12.3. The molecule has 0 aliphatic carbocycles. The van der Waals surface area contributed by atoms with E-state index in [0.29, 0.717) is 40.6 Å². The molecule has 2 heterocycles. The number of benzene rings is 2. The van der Waals surface area contributed by atoms with Crippen LogP contribution in [0.5, 0.6) is 11.5 Å². The number of ether oxygens (including phenoxy) is 2. The molecule has 0 saturated heterocycles. The number of carbonyl (C=O) groups excluding carboxylic acids is 1. The van der Waals surface area contributed by atoms with Gasteiger partial charge < -0.3 is 14.8 Å². The number of carbonyl (C=O) groups is 1. The maximum atomic E-state index is 13.2. The Morgan fingerprint density at radius 2 is 1.97 bits per heavy atom. The van der Waals surface area contributed by atoms with Crippen molar-refractivity contribution in [2.24, 2.45) is 0 Å². The van der Waals surface area contributed by atoms with Gasteiger partial charge in [-0.25, -0.2) is 4.98 Å². The molecule has 0 saturated carbocycles. The van der Waals surface area contributed by atoms with E-state index >= 15 is 0 Å². The van der Waals surface area contributed by atoms with Gasteiger partial charge in [-0.1, -0.05) is 56.1 Å². The van der Waals surface area contributed by atoms with Crippen molar-refractivity contribution in [1.29, 1.82) is 0 Å². The lowest BCUT2D eigenvalue weighted by atomic mass is 10.2. The van der Waals surface area contributed by atoms with Gasteiger partial charge in [0.15, 0.2) is 16.7 Å². The predicted octanol–water partition coefficient (Wildman–Crippen LogP) is 4.50. The van der Waals surface area contributed by atoms with Crippen LogP contribution in [0.1, 0.15) is 45.1 Å². The van der Waals surface area contributed by atoms with Gasteiger partial charge in [-0.05, 0) is 43.2 Å². The second kappa shape index (κ2) is 10.7. The molecule has 8 heteroatoms. The summed E-state index contributed by atoms with van der Waals surface area (Å²) in [6.45, 7) is 5.20. The van der Waals surface area contributed by atoms with Crippen LogP contribution >= 0.6 is 11.8 Å². The number of amides is 1. The highest BCUT2D eigenvalue weighted by Crippen LogP contribution is 2.32. The summed E-state index contributed by atoms with van der Waals surface area (Å²) in [5.41, 5.74) is 1.54. The lowest BCUT2D eigenvalue weighted by molar-refractivity contribution is -0.120. The molecule has 0 spiro atoms. The fraction of sp³-hybridized carbons (Fsp3) is 0.400. The van der Waals surface area contributed by atoms with E-state index in [2.05, 4.69) is 12.2 Å². The number of thioether (sulfide) groups is 1. The molecule has 0 radical (unpaired) electrons. The number of nitrogens with zero attached hydrogens (tertiary/aromatic N) is 2. The monoisotopic (exact) mass is 467 g/mol. The van der Waals surface area contributed by atoms with E-state index in [9.17, 15) is 9.59 Å². The van der Waals surface area contributed by atoms with Crippen LogP contribution in [-0.4, -0.2) is 27.5 Å². The van der Waals surface area contributed by atoms with Crippen molar-refractivity contribution in [2.45, 2.75) is 63.0 Å². The highest BCUT2D eigenvalue weighted by Gasteiger charge is 2.20. The standard InChI is InChI=1S/C25H29N3O4S/c1-3-4-5-8-13-28-24(30)19-9-6-7-10-20(19)27-25(28)33-17(2)23(29)26-15-18-11-12-21-22(14-18)32-16-31-21/h6-7,9-12,14,17H,3-5,8,13,15-16H2,1-2H3,(H,26,29). The van der Waals surface area contributed by atoms with Gasteiger partial charge in [0.1, 0.15) is 0 Å². The topological polar surface area (TPSA) is 82.5 Å². The first kappa shape index (κ1) is 23.2. The number of hydrogen-bond donors (Lipinski definition) is 1. The molecule has 1 atom stereocenters. The second-order valence-corrected chi connectivity index (χ2v) is 9.40. The molecule has 1 amide bonds. The summed E-state index contributed by atoms with van der Waals surface area (Å²) in [5.74, 6) is 1.29. The van der Waals surface area contributed by atoms with Gasteiger partial charge >= 0.3 is 0 Å².